The number of thioether (sulfide) groups is 1. The number of methoxy groups -OCH3 is 1. The summed E-state index contributed by atoms with van der Waals surface area (Å²) in [5, 5.41) is 12.1. The molecule has 3 aromatic carbocycles. The van der Waals surface area contributed by atoms with Crippen LogP contribution in [0.2, 0.25) is 5.02 Å². The van der Waals surface area contributed by atoms with Gasteiger partial charge in [-0.05, 0) is 60.2 Å². The molecule has 0 saturated carbocycles. The maximum absolute atomic E-state index is 13.2. The van der Waals surface area contributed by atoms with E-state index in [-0.39, 0.29) is 24.4 Å². The summed E-state index contributed by atoms with van der Waals surface area (Å²) >= 11 is 7.17. The SMILES string of the molecule is COc1ccc(CN2C(=O)CC(C(=O)Nc3cccc(C(=O)O)c3)SC2=Nc2ccc(Cl)cc2)cc1. The van der Waals surface area contributed by atoms with E-state index in [0.717, 1.165) is 5.56 Å². The quantitative estimate of drug-likeness (QED) is 0.440. The zero-order valence-electron chi connectivity index (χ0n) is 19.2. The molecule has 0 aromatic heterocycles. The Kier molecular flexibility index (Phi) is 7.92. The lowest BCUT2D eigenvalue weighted by Crippen LogP contribution is -2.44. The number of benzene rings is 3. The second-order valence-electron chi connectivity index (χ2n) is 7.88. The minimum Gasteiger partial charge on any atom is -0.497 e. The molecule has 1 aliphatic rings. The van der Waals surface area contributed by atoms with Gasteiger partial charge in [0.15, 0.2) is 5.17 Å². The highest BCUT2D eigenvalue weighted by Gasteiger charge is 2.36. The molecule has 2 amide bonds. The number of carboxylic acids is 1. The number of nitrogens with zero attached hydrogens (tertiary/aromatic N) is 2. The Morgan fingerprint density at radius 2 is 1.86 bits per heavy atom. The number of hydrogen-bond acceptors (Lipinski definition) is 6. The van der Waals surface area contributed by atoms with Gasteiger partial charge < -0.3 is 15.2 Å². The van der Waals surface area contributed by atoms with E-state index in [1.807, 2.05) is 24.3 Å². The minimum atomic E-state index is -1.10. The molecule has 2 N–H and O–H groups in total. The van der Waals surface area contributed by atoms with E-state index in [0.29, 0.717) is 27.3 Å². The van der Waals surface area contributed by atoms with Crippen LogP contribution in [0.25, 0.3) is 0 Å². The molecule has 1 aliphatic heterocycles. The van der Waals surface area contributed by atoms with Gasteiger partial charge >= 0.3 is 5.97 Å². The van der Waals surface area contributed by atoms with E-state index in [9.17, 15) is 19.5 Å². The normalized spacial score (nSPS) is 16.6. The first-order chi connectivity index (χ1) is 17.3. The minimum absolute atomic E-state index is 0.0368. The fraction of sp³-hybridized carbons (Fsp3) is 0.154. The number of hydrogen-bond donors (Lipinski definition) is 2. The molecule has 0 aliphatic carbocycles. The summed E-state index contributed by atoms with van der Waals surface area (Å²) in [5.41, 5.74) is 1.85. The summed E-state index contributed by atoms with van der Waals surface area (Å²) in [5.74, 6) is -1.06. The van der Waals surface area contributed by atoms with Gasteiger partial charge in [-0.1, -0.05) is 41.6 Å². The summed E-state index contributed by atoms with van der Waals surface area (Å²) in [6.07, 6.45) is -0.0368. The van der Waals surface area contributed by atoms with Crippen LogP contribution < -0.4 is 10.1 Å². The molecule has 1 fully saturated rings. The van der Waals surface area contributed by atoms with Gasteiger partial charge in [-0.15, -0.1) is 0 Å². The van der Waals surface area contributed by atoms with E-state index >= 15 is 0 Å². The van der Waals surface area contributed by atoms with Crippen molar-refractivity contribution >= 4 is 57.7 Å². The number of carbonyl (C=O) groups is 3. The number of halogens is 1. The molecular weight excluding hydrogens is 502 g/mol. The van der Waals surface area contributed by atoms with Gasteiger partial charge in [0, 0.05) is 17.1 Å². The molecule has 4 rings (SSSR count). The van der Waals surface area contributed by atoms with Crippen molar-refractivity contribution in [2.45, 2.75) is 18.2 Å². The Bertz CT molecular complexity index is 1310. The number of aromatic carboxylic acids is 1. The summed E-state index contributed by atoms with van der Waals surface area (Å²) in [7, 11) is 1.58. The van der Waals surface area contributed by atoms with Crippen LogP contribution in [-0.2, 0) is 16.1 Å². The van der Waals surface area contributed by atoms with Crippen LogP contribution >= 0.6 is 23.4 Å². The molecule has 3 aromatic rings. The van der Waals surface area contributed by atoms with E-state index in [4.69, 9.17) is 16.3 Å². The van der Waals surface area contributed by atoms with Crippen molar-refractivity contribution in [1.29, 1.82) is 0 Å². The fourth-order valence-electron chi connectivity index (χ4n) is 3.49. The van der Waals surface area contributed by atoms with Gasteiger partial charge in [0.2, 0.25) is 11.8 Å². The van der Waals surface area contributed by atoms with E-state index in [1.54, 1.807) is 48.4 Å². The molecule has 1 atom stereocenters. The molecule has 1 heterocycles. The first kappa shape index (κ1) is 25.3. The zero-order valence-corrected chi connectivity index (χ0v) is 20.8. The lowest BCUT2D eigenvalue weighted by Gasteiger charge is -2.32. The van der Waals surface area contributed by atoms with Gasteiger partial charge in [-0.25, -0.2) is 9.79 Å². The number of ether oxygens (including phenoxy) is 1. The molecule has 36 heavy (non-hydrogen) atoms. The Morgan fingerprint density at radius 1 is 1.14 bits per heavy atom. The van der Waals surface area contributed by atoms with Crippen molar-refractivity contribution in [3.63, 3.8) is 0 Å². The molecule has 0 radical (unpaired) electrons. The van der Waals surface area contributed by atoms with Crippen molar-refractivity contribution in [2.24, 2.45) is 4.99 Å². The number of carboxylic acid groups (broad SMARTS) is 1. The van der Waals surface area contributed by atoms with Crippen LogP contribution in [0.5, 0.6) is 5.75 Å². The Balaban J connectivity index is 1.58. The third-order valence-corrected chi connectivity index (χ3v) is 6.80. The van der Waals surface area contributed by atoms with Crippen molar-refractivity contribution in [3.05, 3.63) is 88.9 Å². The van der Waals surface area contributed by atoms with Crippen LogP contribution in [0, 0.1) is 0 Å². The van der Waals surface area contributed by atoms with Crippen molar-refractivity contribution in [1.82, 2.24) is 4.90 Å². The highest BCUT2D eigenvalue weighted by Crippen LogP contribution is 2.31. The predicted octanol–water partition coefficient (Wildman–Crippen LogP) is 5.21. The average Bonchev–Trinajstić information content (AvgIpc) is 2.87. The fourth-order valence-corrected chi connectivity index (χ4v) is 4.71. The number of aliphatic imine (C=N–C) groups is 1. The lowest BCUT2D eigenvalue weighted by atomic mass is 10.1. The van der Waals surface area contributed by atoms with Crippen molar-refractivity contribution < 1.29 is 24.2 Å². The van der Waals surface area contributed by atoms with Crippen LogP contribution in [0.3, 0.4) is 0 Å². The van der Waals surface area contributed by atoms with Gasteiger partial charge in [0.25, 0.3) is 0 Å². The second-order valence-corrected chi connectivity index (χ2v) is 9.49. The first-order valence-electron chi connectivity index (χ1n) is 10.9. The maximum atomic E-state index is 13.2. The molecule has 0 spiro atoms. The molecule has 184 valence electrons. The molecular formula is C26H22ClN3O5S. The lowest BCUT2D eigenvalue weighted by molar-refractivity contribution is -0.129. The van der Waals surface area contributed by atoms with Gasteiger partial charge in [-0.3, -0.25) is 14.5 Å². The summed E-state index contributed by atoms with van der Waals surface area (Å²) in [6.45, 7) is 0.275. The third-order valence-electron chi connectivity index (χ3n) is 5.36. The number of amidine groups is 1. The largest absolute Gasteiger partial charge is 0.497 e. The van der Waals surface area contributed by atoms with Gasteiger partial charge in [0.1, 0.15) is 11.0 Å². The van der Waals surface area contributed by atoms with E-state index in [2.05, 4.69) is 10.3 Å². The Hall–Kier alpha value is -3.82. The predicted molar refractivity (Wildman–Crippen MR) is 140 cm³/mol. The number of nitrogens with one attached hydrogen (secondary N) is 1. The van der Waals surface area contributed by atoms with Crippen LogP contribution in [-0.4, -0.2) is 45.3 Å². The van der Waals surface area contributed by atoms with Crippen molar-refractivity contribution in [2.75, 3.05) is 12.4 Å². The Morgan fingerprint density at radius 3 is 2.53 bits per heavy atom. The van der Waals surface area contributed by atoms with Gasteiger partial charge in [-0.2, -0.15) is 0 Å². The maximum Gasteiger partial charge on any atom is 0.335 e. The van der Waals surface area contributed by atoms with Crippen LogP contribution in [0.1, 0.15) is 22.3 Å². The number of rotatable bonds is 7. The molecule has 0 bridgehead atoms. The average molecular weight is 524 g/mol. The number of carbonyl (C=O) groups excluding carboxylic acids is 2. The number of anilines is 1. The second kappa shape index (κ2) is 11.3. The van der Waals surface area contributed by atoms with Crippen molar-refractivity contribution in [3.8, 4) is 5.75 Å². The Labute approximate surface area is 216 Å². The van der Waals surface area contributed by atoms with Crippen LogP contribution in [0.15, 0.2) is 77.8 Å². The summed E-state index contributed by atoms with van der Waals surface area (Å²) in [6, 6.07) is 20.2. The van der Waals surface area contributed by atoms with Crippen LogP contribution in [0.4, 0.5) is 11.4 Å². The third kappa shape index (κ3) is 6.24. The van der Waals surface area contributed by atoms with E-state index in [1.165, 1.54) is 23.9 Å². The topological polar surface area (TPSA) is 108 Å². The summed E-state index contributed by atoms with van der Waals surface area (Å²) in [4.78, 5) is 43.7. The smallest absolute Gasteiger partial charge is 0.335 e. The molecule has 8 nitrogen and oxygen atoms in total. The standard InChI is InChI=1S/C26H22ClN3O5S/c1-35-21-11-5-16(6-12-21)15-30-23(31)14-22(36-26(30)29-19-9-7-18(27)8-10-19)24(32)28-20-4-2-3-17(13-20)25(33)34/h2-13,22H,14-15H2,1H3,(H,28,32)(H,33,34). The van der Waals surface area contributed by atoms with E-state index < -0.39 is 17.1 Å². The zero-order chi connectivity index (χ0) is 25.7. The first-order valence-corrected chi connectivity index (χ1v) is 12.2. The molecule has 1 saturated heterocycles. The highest BCUT2D eigenvalue weighted by molar-refractivity contribution is 8.15. The molecule has 1 unspecified atom stereocenters. The molecule has 10 heteroatoms. The monoisotopic (exact) mass is 523 g/mol. The van der Waals surface area contributed by atoms with Gasteiger partial charge in [0.05, 0.1) is 24.9 Å². The summed E-state index contributed by atoms with van der Waals surface area (Å²) < 4.78 is 5.20. The number of amides is 2. The highest BCUT2D eigenvalue weighted by atomic mass is 35.5.